The molecule has 0 bridgehead atoms. The molecule has 0 saturated heterocycles. The van der Waals surface area contributed by atoms with Gasteiger partial charge in [-0.25, -0.2) is 0 Å². The summed E-state index contributed by atoms with van der Waals surface area (Å²) in [5.41, 5.74) is 3.71. The Hall–Kier alpha value is -1.13. The van der Waals surface area contributed by atoms with Gasteiger partial charge in [-0.1, -0.05) is 22.0 Å². The lowest BCUT2D eigenvalue weighted by molar-refractivity contribution is 0.604. The van der Waals surface area contributed by atoms with Crippen LogP contribution in [0.25, 0.3) is 0 Å². The minimum Gasteiger partial charge on any atom is -0.308 e. The molecule has 1 aromatic heterocycles. The molecule has 2 rings (SSSR count). The van der Waals surface area contributed by atoms with E-state index in [0.717, 1.165) is 10.2 Å². The predicted molar refractivity (Wildman–Crippen MR) is 73.0 cm³/mol. The number of nitrogens with zero attached hydrogens (tertiary/aromatic N) is 2. The van der Waals surface area contributed by atoms with E-state index in [4.69, 9.17) is 0 Å². The van der Waals surface area contributed by atoms with E-state index >= 15 is 0 Å². The van der Waals surface area contributed by atoms with Gasteiger partial charge in [0.1, 0.15) is 0 Å². The van der Waals surface area contributed by atoms with Crippen molar-refractivity contribution in [1.29, 1.82) is 0 Å². The highest BCUT2D eigenvalue weighted by atomic mass is 79.9. The molecule has 17 heavy (non-hydrogen) atoms. The third-order valence-electron chi connectivity index (χ3n) is 2.99. The maximum Gasteiger partial charge on any atom is 0.0748 e. The zero-order valence-electron chi connectivity index (χ0n) is 10.2. The summed E-state index contributed by atoms with van der Waals surface area (Å²) in [5, 5.41) is 7.57. The fraction of sp³-hybridized carbons (Fsp3) is 0.308. The Balaban J connectivity index is 2.46. The molecule has 0 radical (unpaired) electrons. The van der Waals surface area contributed by atoms with Crippen LogP contribution >= 0.6 is 15.9 Å². The van der Waals surface area contributed by atoms with Crippen LogP contribution < -0.4 is 5.32 Å². The largest absolute Gasteiger partial charge is 0.308 e. The highest BCUT2D eigenvalue weighted by molar-refractivity contribution is 9.10. The quantitative estimate of drug-likeness (QED) is 0.943. The van der Waals surface area contributed by atoms with Crippen LogP contribution in [0.3, 0.4) is 0 Å². The van der Waals surface area contributed by atoms with E-state index in [9.17, 15) is 0 Å². The van der Waals surface area contributed by atoms with Gasteiger partial charge in [0.25, 0.3) is 0 Å². The Bertz CT molecular complexity index is 519. The fourth-order valence-electron chi connectivity index (χ4n) is 2.09. The summed E-state index contributed by atoms with van der Waals surface area (Å²) < 4.78 is 3.02. The molecular formula is C13H16BrN3. The van der Waals surface area contributed by atoms with Gasteiger partial charge in [-0.05, 0) is 43.3 Å². The zero-order valence-corrected chi connectivity index (χ0v) is 11.8. The normalized spacial score (nSPS) is 12.7. The maximum atomic E-state index is 4.23. The molecule has 1 aromatic carbocycles. The average Bonchev–Trinajstić information content (AvgIpc) is 2.69. The van der Waals surface area contributed by atoms with Crippen molar-refractivity contribution < 1.29 is 0 Å². The molecule has 4 heteroatoms. The van der Waals surface area contributed by atoms with Gasteiger partial charge < -0.3 is 5.32 Å². The Morgan fingerprint density at radius 3 is 2.65 bits per heavy atom. The van der Waals surface area contributed by atoms with Gasteiger partial charge in [-0.15, -0.1) is 0 Å². The van der Waals surface area contributed by atoms with E-state index in [2.05, 4.69) is 51.5 Å². The molecule has 1 N–H and O–H groups in total. The Kier molecular flexibility index (Phi) is 3.64. The molecule has 90 valence electrons. The fourth-order valence-corrected chi connectivity index (χ4v) is 2.57. The minimum atomic E-state index is 0.176. The van der Waals surface area contributed by atoms with Crippen molar-refractivity contribution >= 4 is 15.9 Å². The lowest BCUT2D eigenvalue weighted by Gasteiger charge is -2.19. The molecule has 0 amide bonds. The maximum absolute atomic E-state index is 4.23. The van der Waals surface area contributed by atoms with E-state index in [1.165, 1.54) is 11.1 Å². The smallest absolute Gasteiger partial charge is 0.0748 e. The average molecular weight is 294 g/mol. The first-order chi connectivity index (χ1) is 8.13. The number of benzene rings is 1. The molecule has 0 spiro atoms. The second-order valence-corrected chi connectivity index (χ2v) is 5.02. The molecule has 0 aliphatic carbocycles. The first-order valence-electron chi connectivity index (χ1n) is 5.54. The highest BCUT2D eigenvalue weighted by Gasteiger charge is 2.17. The van der Waals surface area contributed by atoms with Gasteiger partial charge in [-0.3, -0.25) is 4.68 Å². The summed E-state index contributed by atoms with van der Waals surface area (Å²) in [7, 11) is 3.94. The summed E-state index contributed by atoms with van der Waals surface area (Å²) in [6.45, 7) is 2.13. The van der Waals surface area contributed by atoms with Crippen LogP contribution in [-0.2, 0) is 7.05 Å². The van der Waals surface area contributed by atoms with Crippen LogP contribution in [0.4, 0.5) is 0 Å². The molecule has 2 aromatic rings. The standard InChI is InChI=1S/C13H16BrN3/c1-9-8-10(14)4-5-11(9)13(15-2)12-6-7-16-17(12)3/h4-8,13,15H,1-3H3. The number of hydrogen-bond acceptors (Lipinski definition) is 2. The summed E-state index contributed by atoms with van der Waals surface area (Å²) in [4.78, 5) is 0. The van der Waals surface area contributed by atoms with Crippen LogP contribution in [-0.4, -0.2) is 16.8 Å². The van der Waals surface area contributed by atoms with Crippen LogP contribution in [0, 0.1) is 6.92 Å². The number of hydrogen-bond donors (Lipinski definition) is 1. The van der Waals surface area contributed by atoms with Crippen molar-refractivity contribution in [2.75, 3.05) is 7.05 Å². The Morgan fingerprint density at radius 1 is 1.35 bits per heavy atom. The molecule has 1 heterocycles. The van der Waals surface area contributed by atoms with Gasteiger partial charge in [0.2, 0.25) is 0 Å². The molecule has 3 nitrogen and oxygen atoms in total. The molecule has 1 atom stereocenters. The number of nitrogens with one attached hydrogen (secondary N) is 1. The number of halogens is 1. The Labute approximate surface area is 110 Å². The van der Waals surface area contributed by atoms with Crippen molar-refractivity contribution in [3.05, 3.63) is 51.8 Å². The van der Waals surface area contributed by atoms with Crippen LogP contribution in [0.2, 0.25) is 0 Å². The zero-order chi connectivity index (χ0) is 12.4. The van der Waals surface area contributed by atoms with Gasteiger partial charge in [-0.2, -0.15) is 5.10 Å². The summed E-state index contributed by atoms with van der Waals surface area (Å²) in [5.74, 6) is 0. The van der Waals surface area contributed by atoms with Crippen molar-refractivity contribution in [1.82, 2.24) is 15.1 Å². The lowest BCUT2D eigenvalue weighted by Crippen LogP contribution is -2.21. The predicted octanol–water partition coefficient (Wildman–Crippen LogP) is 2.80. The van der Waals surface area contributed by atoms with Crippen LogP contribution in [0.5, 0.6) is 0 Å². The van der Waals surface area contributed by atoms with E-state index < -0.39 is 0 Å². The first kappa shape index (κ1) is 12.3. The molecule has 1 unspecified atom stereocenters. The second-order valence-electron chi connectivity index (χ2n) is 4.10. The molecule has 0 saturated carbocycles. The van der Waals surface area contributed by atoms with E-state index in [0.29, 0.717) is 0 Å². The molecule has 0 aliphatic heterocycles. The van der Waals surface area contributed by atoms with Gasteiger partial charge in [0.05, 0.1) is 11.7 Å². The van der Waals surface area contributed by atoms with E-state index in [-0.39, 0.29) is 6.04 Å². The van der Waals surface area contributed by atoms with Crippen molar-refractivity contribution in [2.24, 2.45) is 7.05 Å². The number of aromatic nitrogens is 2. The van der Waals surface area contributed by atoms with E-state index in [1.54, 1.807) is 0 Å². The number of rotatable bonds is 3. The summed E-state index contributed by atoms with van der Waals surface area (Å²) >= 11 is 3.49. The third kappa shape index (κ3) is 2.42. The SMILES string of the molecule is CNC(c1ccc(Br)cc1C)c1ccnn1C. The highest BCUT2D eigenvalue weighted by Crippen LogP contribution is 2.26. The number of aryl methyl sites for hydroxylation is 2. The molecule has 0 aliphatic rings. The lowest BCUT2D eigenvalue weighted by atomic mass is 9.99. The van der Waals surface area contributed by atoms with E-state index in [1.807, 2.05) is 31.0 Å². The molecular weight excluding hydrogens is 278 g/mol. The van der Waals surface area contributed by atoms with Gasteiger partial charge >= 0.3 is 0 Å². The van der Waals surface area contributed by atoms with Gasteiger partial charge in [0.15, 0.2) is 0 Å². The van der Waals surface area contributed by atoms with Crippen LogP contribution in [0.1, 0.15) is 22.9 Å². The minimum absolute atomic E-state index is 0.176. The second kappa shape index (κ2) is 5.02. The van der Waals surface area contributed by atoms with Crippen molar-refractivity contribution in [3.8, 4) is 0 Å². The topological polar surface area (TPSA) is 29.9 Å². The Morgan fingerprint density at radius 2 is 2.12 bits per heavy atom. The van der Waals surface area contributed by atoms with Crippen molar-refractivity contribution in [3.63, 3.8) is 0 Å². The molecule has 0 fully saturated rings. The van der Waals surface area contributed by atoms with Crippen molar-refractivity contribution in [2.45, 2.75) is 13.0 Å². The van der Waals surface area contributed by atoms with Crippen LogP contribution in [0.15, 0.2) is 34.9 Å². The third-order valence-corrected chi connectivity index (χ3v) is 3.48. The first-order valence-corrected chi connectivity index (χ1v) is 6.34. The van der Waals surface area contributed by atoms with Gasteiger partial charge in [0, 0.05) is 17.7 Å². The summed E-state index contributed by atoms with van der Waals surface area (Å²) in [6.07, 6.45) is 1.83. The monoisotopic (exact) mass is 293 g/mol. The summed E-state index contributed by atoms with van der Waals surface area (Å²) in [6, 6.07) is 8.57.